The topological polar surface area (TPSA) is 12.9 Å². The molecule has 1 heterocycles. The van der Waals surface area contributed by atoms with Gasteiger partial charge in [0.15, 0.2) is 0 Å². The van der Waals surface area contributed by atoms with Gasteiger partial charge in [-0.2, -0.15) is 0 Å². The van der Waals surface area contributed by atoms with E-state index in [-0.39, 0.29) is 6.67 Å². The average molecular weight is 163 g/mol. The maximum atomic E-state index is 11.6. The summed E-state index contributed by atoms with van der Waals surface area (Å²) in [5.74, 6) is 5.70. The zero-order valence-corrected chi connectivity index (χ0v) is 6.76. The van der Waals surface area contributed by atoms with Crippen molar-refractivity contribution in [3.63, 3.8) is 0 Å². The normalized spacial score (nSPS) is 8.75. The van der Waals surface area contributed by atoms with Crippen LogP contribution in [0.25, 0.3) is 0 Å². The van der Waals surface area contributed by atoms with Crippen molar-refractivity contribution in [3.8, 4) is 11.8 Å². The van der Waals surface area contributed by atoms with Gasteiger partial charge in [0.05, 0.1) is 6.67 Å². The molecular weight excluding hydrogens is 153 g/mol. The fourth-order valence-corrected chi connectivity index (χ4v) is 0.745. The van der Waals surface area contributed by atoms with Crippen LogP contribution in [0.5, 0.6) is 0 Å². The molecule has 0 unspecified atom stereocenters. The van der Waals surface area contributed by atoms with Crippen molar-refractivity contribution in [2.45, 2.75) is 12.8 Å². The summed E-state index contributed by atoms with van der Waals surface area (Å²) in [6, 6.07) is 5.56. The van der Waals surface area contributed by atoms with Gasteiger partial charge in [0.2, 0.25) is 0 Å². The Morgan fingerprint density at radius 3 is 3.00 bits per heavy atom. The Morgan fingerprint density at radius 2 is 2.33 bits per heavy atom. The largest absolute Gasteiger partial charge is 0.251 e. The van der Waals surface area contributed by atoms with Gasteiger partial charge in [-0.25, -0.2) is 4.98 Å². The van der Waals surface area contributed by atoms with E-state index in [4.69, 9.17) is 0 Å². The Bertz CT molecular complexity index is 271. The molecule has 0 aliphatic carbocycles. The molecule has 1 aromatic rings. The molecule has 0 N–H and O–H groups in total. The molecule has 0 spiro atoms. The summed E-state index contributed by atoms with van der Waals surface area (Å²) in [7, 11) is 0. The summed E-state index contributed by atoms with van der Waals surface area (Å²) in [6.07, 6.45) is 2.81. The average Bonchev–Trinajstić information content (AvgIpc) is 2.14. The minimum Gasteiger partial charge on any atom is -0.251 e. The fraction of sp³-hybridized carbons (Fsp3) is 0.300. The number of pyridine rings is 1. The van der Waals surface area contributed by atoms with Gasteiger partial charge in [-0.3, -0.25) is 4.39 Å². The van der Waals surface area contributed by atoms with E-state index in [1.54, 1.807) is 6.20 Å². The highest BCUT2D eigenvalue weighted by atomic mass is 19.1. The number of nitrogens with zero attached hydrogens (tertiary/aromatic N) is 1. The molecule has 0 atom stereocenters. The summed E-state index contributed by atoms with van der Waals surface area (Å²) in [6.45, 7) is -0.295. The molecule has 0 radical (unpaired) electrons. The number of hydrogen-bond donors (Lipinski definition) is 0. The second kappa shape index (κ2) is 5.31. The number of rotatable bonds is 2. The monoisotopic (exact) mass is 163 g/mol. The number of halogens is 1. The molecule has 0 saturated carbocycles. The van der Waals surface area contributed by atoms with E-state index >= 15 is 0 Å². The summed E-state index contributed by atoms with van der Waals surface area (Å²) in [5, 5.41) is 0. The first kappa shape index (κ1) is 8.73. The Hall–Kier alpha value is -1.36. The molecule has 0 aliphatic heterocycles. The van der Waals surface area contributed by atoms with Crippen molar-refractivity contribution < 1.29 is 4.39 Å². The highest BCUT2D eigenvalue weighted by Gasteiger charge is 1.82. The van der Waals surface area contributed by atoms with Gasteiger partial charge in [-0.05, 0) is 24.5 Å². The second-order valence-corrected chi connectivity index (χ2v) is 2.31. The molecule has 1 nitrogen and oxygen atoms in total. The first-order chi connectivity index (χ1) is 5.93. The van der Waals surface area contributed by atoms with E-state index in [0.29, 0.717) is 12.8 Å². The maximum Gasteiger partial charge on any atom is 0.113 e. The maximum absolute atomic E-state index is 11.6. The number of aromatic nitrogens is 1. The highest BCUT2D eigenvalue weighted by Crippen LogP contribution is 1.91. The van der Waals surface area contributed by atoms with Crippen LogP contribution in [0.4, 0.5) is 4.39 Å². The standard InChI is InChI=1S/C10H10FN/c11-8-4-1-2-6-10-7-3-5-9-12-10/h3,5,7,9H,1,4,8H2. The summed E-state index contributed by atoms with van der Waals surface area (Å²) >= 11 is 0. The third-order valence-electron chi connectivity index (χ3n) is 1.32. The Kier molecular flexibility index (Phi) is 3.87. The minimum absolute atomic E-state index is 0.295. The Balaban J connectivity index is 2.44. The van der Waals surface area contributed by atoms with E-state index in [1.165, 1.54) is 0 Å². The highest BCUT2D eigenvalue weighted by molar-refractivity contribution is 5.26. The molecule has 2 heteroatoms. The van der Waals surface area contributed by atoms with Gasteiger partial charge in [0.1, 0.15) is 5.69 Å². The van der Waals surface area contributed by atoms with Crippen molar-refractivity contribution in [2.24, 2.45) is 0 Å². The number of alkyl halides is 1. The van der Waals surface area contributed by atoms with Crippen LogP contribution in [0.3, 0.4) is 0 Å². The summed E-state index contributed by atoms with van der Waals surface area (Å²) < 4.78 is 11.6. The van der Waals surface area contributed by atoms with Gasteiger partial charge in [-0.15, -0.1) is 0 Å². The van der Waals surface area contributed by atoms with Gasteiger partial charge in [0, 0.05) is 12.6 Å². The lowest BCUT2D eigenvalue weighted by atomic mass is 10.3. The smallest absolute Gasteiger partial charge is 0.113 e. The Labute approximate surface area is 71.6 Å². The quantitative estimate of drug-likeness (QED) is 0.481. The zero-order chi connectivity index (χ0) is 8.65. The predicted octanol–water partition coefficient (Wildman–Crippen LogP) is 2.18. The summed E-state index contributed by atoms with van der Waals surface area (Å²) in [5.41, 5.74) is 0.747. The minimum atomic E-state index is -0.295. The Morgan fingerprint density at radius 1 is 1.42 bits per heavy atom. The predicted molar refractivity (Wildman–Crippen MR) is 46.3 cm³/mol. The second-order valence-electron chi connectivity index (χ2n) is 2.31. The van der Waals surface area contributed by atoms with Gasteiger partial charge in [-0.1, -0.05) is 12.0 Å². The van der Waals surface area contributed by atoms with Gasteiger partial charge < -0.3 is 0 Å². The fourth-order valence-electron chi connectivity index (χ4n) is 0.745. The van der Waals surface area contributed by atoms with Crippen molar-refractivity contribution in [1.29, 1.82) is 0 Å². The third kappa shape index (κ3) is 3.16. The van der Waals surface area contributed by atoms with Crippen LogP contribution >= 0.6 is 0 Å². The van der Waals surface area contributed by atoms with Crippen LogP contribution in [-0.2, 0) is 0 Å². The third-order valence-corrected chi connectivity index (χ3v) is 1.32. The molecule has 0 amide bonds. The molecule has 0 bridgehead atoms. The summed E-state index contributed by atoms with van der Waals surface area (Å²) in [4.78, 5) is 4.01. The number of unbranched alkanes of at least 4 members (excludes halogenated alkanes) is 1. The molecule has 1 rings (SSSR count). The van der Waals surface area contributed by atoms with Crippen LogP contribution in [0.15, 0.2) is 24.4 Å². The lowest BCUT2D eigenvalue weighted by molar-refractivity contribution is 0.477. The van der Waals surface area contributed by atoms with E-state index in [1.807, 2.05) is 18.2 Å². The van der Waals surface area contributed by atoms with Crippen molar-refractivity contribution in [2.75, 3.05) is 6.67 Å². The molecule has 62 valence electrons. The lowest BCUT2D eigenvalue weighted by Gasteiger charge is -1.85. The number of hydrogen-bond acceptors (Lipinski definition) is 1. The molecule has 1 aromatic heterocycles. The first-order valence-electron chi connectivity index (χ1n) is 3.89. The van der Waals surface area contributed by atoms with E-state index in [2.05, 4.69) is 16.8 Å². The molecular formula is C10H10FN. The van der Waals surface area contributed by atoms with E-state index in [0.717, 1.165) is 5.69 Å². The van der Waals surface area contributed by atoms with Crippen LogP contribution in [-0.4, -0.2) is 11.7 Å². The van der Waals surface area contributed by atoms with Crippen LogP contribution in [0, 0.1) is 11.8 Å². The lowest BCUT2D eigenvalue weighted by Crippen LogP contribution is -1.78. The molecule has 0 aromatic carbocycles. The van der Waals surface area contributed by atoms with Crippen LogP contribution < -0.4 is 0 Å². The SMILES string of the molecule is FCCCC#Cc1ccccn1. The van der Waals surface area contributed by atoms with Crippen molar-refractivity contribution in [1.82, 2.24) is 4.98 Å². The van der Waals surface area contributed by atoms with Crippen molar-refractivity contribution >= 4 is 0 Å². The molecule has 12 heavy (non-hydrogen) atoms. The van der Waals surface area contributed by atoms with Crippen LogP contribution in [0.1, 0.15) is 18.5 Å². The van der Waals surface area contributed by atoms with Crippen LogP contribution in [0.2, 0.25) is 0 Å². The molecule has 0 aliphatic rings. The zero-order valence-electron chi connectivity index (χ0n) is 6.76. The first-order valence-corrected chi connectivity index (χ1v) is 3.89. The molecule has 0 saturated heterocycles. The van der Waals surface area contributed by atoms with Gasteiger partial charge >= 0.3 is 0 Å². The molecule has 0 fully saturated rings. The van der Waals surface area contributed by atoms with E-state index in [9.17, 15) is 4.39 Å². The van der Waals surface area contributed by atoms with Crippen molar-refractivity contribution in [3.05, 3.63) is 30.1 Å². The van der Waals surface area contributed by atoms with E-state index < -0.39 is 0 Å². The van der Waals surface area contributed by atoms with Gasteiger partial charge in [0.25, 0.3) is 0 Å².